The lowest BCUT2D eigenvalue weighted by molar-refractivity contribution is -0.118. The van der Waals surface area contributed by atoms with Gasteiger partial charge < -0.3 is 11.1 Å². The van der Waals surface area contributed by atoms with Crippen molar-refractivity contribution in [3.8, 4) is 0 Å². The lowest BCUT2D eigenvalue weighted by atomic mass is 10.6. The van der Waals surface area contributed by atoms with Crippen molar-refractivity contribution in [1.29, 1.82) is 0 Å². The zero-order chi connectivity index (χ0) is 6.85. The minimum Gasteiger partial charge on any atom is -0.344 e. The molecule has 1 heterocycles. The van der Waals surface area contributed by atoms with Gasteiger partial charge in [0.2, 0.25) is 5.91 Å². The summed E-state index contributed by atoms with van der Waals surface area (Å²) in [5, 5.41) is 2.17. The molecule has 4 N–H and O–H groups in total. The van der Waals surface area contributed by atoms with Crippen molar-refractivity contribution in [1.82, 2.24) is 16.4 Å². The molecule has 1 aliphatic heterocycles. The van der Waals surface area contributed by atoms with E-state index in [2.05, 4.69) is 5.32 Å². The molecule has 0 aromatic rings. The first-order valence-corrected chi connectivity index (χ1v) is 2.82. The first kappa shape index (κ1) is 8.90. The van der Waals surface area contributed by atoms with Crippen molar-refractivity contribution in [2.45, 2.75) is 6.92 Å². The Morgan fingerprint density at radius 1 is 1.60 bits per heavy atom. The standard InChI is InChI=1S/C5H8N2O2.H3N/c1-2-7-3-4(8)6-5(7)9;/h2-3H2,1H3,(H,6,8,9);1H3. The van der Waals surface area contributed by atoms with Crippen LogP contribution in [0.1, 0.15) is 6.92 Å². The van der Waals surface area contributed by atoms with E-state index >= 15 is 0 Å². The van der Waals surface area contributed by atoms with Crippen LogP contribution < -0.4 is 11.5 Å². The number of imide groups is 1. The highest BCUT2D eigenvalue weighted by molar-refractivity contribution is 6.01. The fraction of sp³-hybridized carbons (Fsp3) is 0.600. The van der Waals surface area contributed by atoms with E-state index in [4.69, 9.17) is 0 Å². The molecular formula is C5H11N3O2. The maximum Gasteiger partial charge on any atom is 0.324 e. The Bertz CT molecular complexity index is 157. The minimum absolute atomic E-state index is 0. The van der Waals surface area contributed by atoms with E-state index in [0.717, 1.165) is 0 Å². The van der Waals surface area contributed by atoms with Gasteiger partial charge in [-0.25, -0.2) is 4.79 Å². The van der Waals surface area contributed by atoms with Crippen LogP contribution in [0.5, 0.6) is 0 Å². The second-order valence-corrected chi connectivity index (χ2v) is 1.87. The van der Waals surface area contributed by atoms with Crippen molar-refractivity contribution < 1.29 is 9.59 Å². The molecule has 10 heavy (non-hydrogen) atoms. The van der Waals surface area contributed by atoms with Gasteiger partial charge in [0, 0.05) is 6.54 Å². The number of nitrogens with one attached hydrogen (secondary N) is 1. The van der Waals surface area contributed by atoms with Gasteiger partial charge in [0.05, 0.1) is 0 Å². The van der Waals surface area contributed by atoms with Crippen LogP contribution in [-0.4, -0.2) is 29.9 Å². The molecule has 5 heteroatoms. The monoisotopic (exact) mass is 145 g/mol. The molecule has 3 amide bonds. The first-order valence-electron chi connectivity index (χ1n) is 2.82. The van der Waals surface area contributed by atoms with Crippen LogP contribution in [0.4, 0.5) is 4.79 Å². The molecule has 0 aromatic carbocycles. The summed E-state index contributed by atoms with van der Waals surface area (Å²) < 4.78 is 0. The Morgan fingerprint density at radius 3 is 2.40 bits per heavy atom. The highest BCUT2D eigenvalue weighted by atomic mass is 16.2. The Hall–Kier alpha value is -1.10. The van der Waals surface area contributed by atoms with Crippen LogP contribution in [0.2, 0.25) is 0 Å². The number of nitrogens with zero attached hydrogens (tertiary/aromatic N) is 1. The van der Waals surface area contributed by atoms with Gasteiger partial charge in [-0.2, -0.15) is 0 Å². The number of urea groups is 1. The molecule has 5 nitrogen and oxygen atoms in total. The van der Waals surface area contributed by atoms with Crippen LogP contribution in [-0.2, 0) is 4.79 Å². The maximum absolute atomic E-state index is 10.6. The number of hydrogen-bond donors (Lipinski definition) is 2. The van der Waals surface area contributed by atoms with Crippen LogP contribution in [0.25, 0.3) is 0 Å². The SMILES string of the molecule is CCN1CC(=O)NC1=O.N. The third kappa shape index (κ3) is 1.44. The molecule has 0 spiro atoms. The Balaban J connectivity index is 0.000000810. The zero-order valence-electron chi connectivity index (χ0n) is 5.89. The van der Waals surface area contributed by atoms with Gasteiger partial charge in [-0.05, 0) is 6.92 Å². The third-order valence-corrected chi connectivity index (χ3v) is 1.25. The van der Waals surface area contributed by atoms with E-state index in [9.17, 15) is 9.59 Å². The summed E-state index contributed by atoms with van der Waals surface area (Å²) in [7, 11) is 0. The average molecular weight is 145 g/mol. The Kier molecular flexibility index (Phi) is 2.82. The number of hydrogen-bond acceptors (Lipinski definition) is 3. The second-order valence-electron chi connectivity index (χ2n) is 1.87. The molecule has 0 radical (unpaired) electrons. The van der Waals surface area contributed by atoms with E-state index in [1.54, 1.807) is 0 Å². The highest BCUT2D eigenvalue weighted by Crippen LogP contribution is 1.95. The van der Waals surface area contributed by atoms with Gasteiger partial charge in [0.15, 0.2) is 0 Å². The molecule has 0 saturated carbocycles. The van der Waals surface area contributed by atoms with Crippen LogP contribution in [0.15, 0.2) is 0 Å². The van der Waals surface area contributed by atoms with Gasteiger partial charge in [0.25, 0.3) is 0 Å². The molecule has 0 unspecified atom stereocenters. The van der Waals surface area contributed by atoms with Crippen LogP contribution >= 0.6 is 0 Å². The molecule has 1 rings (SSSR count). The van der Waals surface area contributed by atoms with Crippen LogP contribution in [0.3, 0.4) is 0 Å². The number of carbonyl (C=O) groups is 2. The van der Waals surface area contributed by atoms with Gasteiger partial charge in [-0.3, -0.25) is 10.1 Å². The summed E-state index contributed by atoms with van der Waals surface area (Å²) in [5.41, 5.74) is 0. The molecule has 0 aliphatic carbocycles. The van der Waals surface area contributed by atoms with Crippen molar-refractivity contribution >= 4 is 11.9 Å². The normalized spacial score (nSPS) is 16.7. The minimum atomic E-state index is -0.275. The van der Waals surface area contributed by atoms with E-state index in [-0.39, 0.29) is 24.6 Å². The van der Waals surface area contributed by atoms with E-state index in [1.807, 2.05) is 6.92 Å². The molecule has 0 aromatic heterocycles. The predicted molar refractivity (Wildman–Crippen MR) is 35.8 cm³/mol. The second kappa shape index (κ2) is 3.17. The van der Waals surface area contributed by atoms with E-state index in [0.29, 0.717) is 6.54 Å². The van der Waals surface area contributed by atoms with Crippen LogP contribution in [0, 0.1) is 0 Å². The average Bonchev–Trinajstić information content (AvgIpc) is 2.10. The van der Waals surface area contributed by atoms with Gasteiger partial charge in [-0.1, -0.05) is 0 Å². The fourth-order valence-electron chi connectivity index (χ4n) is 0.738. The zero-order valence-corrected chi connectivity index (χ0v) is 5.89. The molecule has 1 saturated heterocycles. The summed E-state index contributed by atoms with van der Waals surface area (Å²) in [6.45, 7) is 2.64. The van der Waals surface area contributed by atoms with E-state index in [1.165, 1.54) is 4.90 Å². The lowest BCUT2D eigenvalue weighted by Gasteiger charge is -2.06. The third-order valence-electron chi connectivity index (χ3n) is 1.25. The molecule has 1 fully saturated rings. The fourth-order valence-corrected chi connectivity index (χ4v) is 0.738. The number of likely N-dealkylation sites (N-methyl/N-ethyl adjacent to an activating group) is 1. The predicted octanol–water partition coefficient (Wildman–Crippen LogP) is -0.280. The Morgan fingerprint density at radius 2 is 2.20 bits per heavy atom. The molecule has 0 atom stereocenters. The number of rotatable bonds is 1. The number of carbonyl (C=O) groups excluding carboxylic acids is 2. The molecular weight excluding hydrogens is 134 g/mol. The summed E-state index contributed by atoms with van der Waals surface area (Å²) in [4.78, 5) is 22.5. The summed E-state index contributed by atoms with van der Waals surface area (Å²) in [6, 6.07) is -0.275. The summed E-state index contributed by atoms with van der Waals surface area (Å²) in [6.07, 6.45) is 0. The van der Waals surface area contributed by atoms with Gasteiger partial charge in [-0.15, -0.1) is 0 Å². The maximum atomic E-state index is 10.6. The smallest absolute Gasteiger partial charge is 0.324 e. The van der Waals surface area contributed by atoms with Gasteiger partial charge in [0.1, 0.15) is 6.54 Å². The van der Waals surface area contributed by atoms with Crippen molar-refractivity contribution in [3.63, 3.8) is 0 Å². The van der Waals surface area contributed by atoms with Crippen molar-refractivity contribution in [2.24, 2.45) is 0 Å². The highest BCUT2D eigenvalue weighted by Gasteiger charge is 2.24. The Labute approximate surface area is 59.0 Å². The first-order chi connectivity index (χ1) is 4.24. The van der Waals surface area contributed by atoms with E-state index < -0.39 is 0 Å². The number of amides is 3. The summed E-state index contributed by atoms with van der Waals surface area (Å²) >= 11 is 0. The van der Waals surface area contributed by atoms with Crippen molar-refractivity contribution in [2.75, 3.05) is 13.1 Å². The van der Waals surface area contributed by atoms with Crippen molar-refractivity contribution in [3.05, 3.63) is 0 Å². The molecule has 58 valence electrons. The molecule has 0 bridgehead atoms. The largest absolute Gasteiger partial charge is 0.344 e. The summed E-state index contributed by atoms with van der Waals surface area (Å²) in [5.74, 6) is -0.207. The quantitative estimate of drug-likeness (QED) is 0.497. The van der Waals surface area contributed by atoms with Gasteiger partial charge >= 0.3 is 6.03 Å². The lowest BCUT2D eigenvalue weighted by Crippen LogP contribution is -2.27. The topological polar surface area (TPSA) is 84.4 Å². The molecule has 1 aliphatic rings.